The van der Waals surface area contributed by atoms with Crippen LogP contribution in [0.1, 0.15) is 60.0 Å². The number of amides is 1. The number of halogens is 3. The molecule has 1 amide bonds. The number of carbonyl (C=O) groups excluding carboxylic acids is 1. The first-order chi connectivity index (χ1) is 18.2. The first-order valence-electron chi connectivity index (χ1n) is 12.5. The van der Waals surface area contributed by atoms with Crippen molar-refractivity contribution in [3.05, 3.63) is 98.8 Å². The second-order valence-corrected chi connectivity index (χ2v) is 12.0. The van der Waals surface area contributed by atoms with E-state index >= 15 is 0 Å². The van der Waals surface area contributed by atoms with Crippen LogP contribution in [0.5, 0.6) is 0 Å². The molecule has 0 aromatic heterocycles. The Morgan fingerprint density at radius 1 is 1.05 bits per heavy atom. The van der Waals surface area contributed by atoms with Crippen LogP contribution in [0, 0.1) is 5.82 Å². The fourth-order valence-electron chi connectivity index (χ4n) is 4.74. The number of hydrogen-bond donors (Lipinski definition) is 3. The van der Waals surface area contributed by atoms with E-state index in [0.717, 1.165) is 37.7 Å². The Hall–Kier alpha value is -2.49. The highest BCUT2D eigenvalue weighted by Crippen LogP contribution is 2.32. The van der Waals surface area contributed by atoms with E-state index < -0.39 is 21.9 Å². The maximum absolute atomic E-state index is 13.6. The summed E-state index contributed by atoms with van der Waals surface area (Å²) in [6, 6.07) is 14.6. The van der Waals surface area contributed by atoms with Gasteiger partial charge >= 0.3 is 0 Å². The molecule has 0 radical (unpaired) electrons. The van der Waals surface area contributed by atoms with Gasteiger partial charge in [0.25, 0.3) is 0 Å². The van der Waals surface area contributed by atoms with E-state index in [1.54, 1.807) is 0 Å². The Kier molecular flexibility index (Phi) is 9.44. The normalized spacial score (nSPS) is 16.1. The molecule has 1 aliphatic rings. The summed E-state index contributed by atoms with van der Waals surface area (Å²) >= 11 is 12.0. The average molecular weight is 579 g/mol. The lowest BCUT2D eigenvalue weighted by molar-refractivity contribution is -0.122. The molecular weight excluding hydrogens is 548 g/mol. The predicted molar refractivity (Wildman–Crippen MR) is 148 cm³/mol. The number of benzene rings is 3. The first kappa shape index (κ1) is 28.5. The predicted octanol–water partition coefficient (Wildman–Crippen LogP) is 5.63. The minimum Gasteiger partial charge on any atom is -0.349 e. The Morgan fingerprint density at radius 3 is 2.53 bits per heavy atom. The summed E-state index contributed by atoms with van der Waals surface area (Å²) in [7, 11) is -4.07. The van der Waals surface area contributed by atoms with Gasteiger partial charge in [0, 0.05) is 6.42 Å². The summed E-state index contributed by atoms with van der Waals surface area (Å²) in [6.07, 6.45) is 4.33. The van der Waals surface area contributed by atoms with Gasteiger partial charge in [0.05, 0.1) is 27.0 Å². The van der Waals surface area contributed by atoms with Crippen molar-refractivity contribution in [2.75, 3.05) is 6.54 Å². The molecule has 0 saturated heterocycles. The van der Waals surface area contributed by atoms with Crippen LogP contribution in [0.25, 0.3) is 0 Å². The van der Waals surface area contributed by atoms with Gasteiger partial charge in [-0.05, 0) is 91.2 Å². The molecule has 0 spiro atoms. The zero-order chi connectivity index (χ0) is 27.3. The van der Waals surface area contributed by atoms with E-state index in [4.69, 9.17) is 28.9 Å². The molecule has 0 aliphatic heterocycles. The standard InChI is InChI=1S/C28H30Cl2FN3O3S/c29-24-13-11-22(16-25(24)30)38(36,37)34-27(19-7-9-21(31)10-8-19)17-28(35)33-26-5-1-4-20-15-18(3-2-14-32)6-12-23(20)26/h6-13,15-16,26-27,34H,1-5,14,17,32H2,(H,33,35). The quantitative estimate of drug-likeness (QED) is 0.290. The Bertz CT molecular complexity index is 1400. The van der Waals surface area contributed by atoms with Gasteiger partial charge in [-0.2, -0.15) is 0 Å². The Balaban J connectivity index is 1.53. The third-order valence-corrected chi connectivity index (χ3v) is 8.90. The van der Waals surface area contributed by atoms with Crippen LogP contribution in [0.15, 0.2) is 65.6 Å². The largest absolute Gasteiger partial charge is 0.349 e. The van der Waals surface area contributed by atoms with E-state index in [-0.39, 0.29) is 33.3 Å². The number of sulfonamides is 1. The van der Waals surface area contributed by atoms with E-state index in [2.05, 4.69) is 28.2 Å². The summed E-state index contributed by atoms with van der Waals surface area (Å²) in [5, 5.41) is 3.40. The molecule has 10 heteroatoms. The van der Waals surface area contributed by atoms with Crippen molar-refractivity contribution in [1.82, 2.24) is 10.0 Å². The third-order valence-electron chi connectivity index (χ3n) is 6.69. The van der Waals surface area contributed by atoms with Crippen molar-refractivity contribution in [2.24, 2.45) is 5.73 Å². The maximum atomic E-state index is 13.6. The molecule has 38 heavy (non-hydrogen) atoms. The summed E-state index contributed by atoms with van der Waals surface area (Å²) in [6.45, 7) is 0.639. The van der Waals surface area contributed by atoms with E-state index in [1.165, 1.54) is 53.6 Å². The SMILES string of the molecule is NCCCc1ccc2c(c1)CCCC2NC(=O)CC(NS(=O)(=O)c1ccc(Cl)c(Cl)c1)c1ccc(F)cc1. The summed E-state index contributed by atoms with van der Waals surface area (Å²) in [4.78, 5) is 13.1. The lowest BCUT2D eigenvalue weighted by atomic mass is 9.86. The highest BCUT2D eigenvalue weighted by atomic mass is 35.5. The van der Waals surface area contributed by atoms with Crippen LogP contribution < -0.4 is 15.8 Å². The number of carbonyl (C=O) groups is 1. The van der Waals surface area contributed by atoms with Crippen LogP contribution in [0.3, 0.4) is 0 Å². The zero-order valence-corrected chi connectivity index (χ0v) is 23.1. The molecule has 4 rings (SSSR count). The van der Waals surface area contributed by atoms with Crippen LogP contribution in [0.4, 0.5) is 4.39 Å². The van der Waals surface area contributed by atoms with Crippen LogP contribution in [-0.4, -0.2) is 20.9 Å². The number of rotatable bonds is 10. The molecule has 2 atom stereocenters. The van der Waals surface area contributed by atoms with Crippen LogP contribution in [-0.2, 0) is 27.7 Å². The molecule has 2 unspecified atom stereocenters. The Labute approximate surface area is 232 Å². The number of hydrogen-bond acceptors (Lipinski definition) is 4. The molecule has 0 heterocycles. The van der Waals surface area contributed by atoms with Gasteiger partial charge in [0.1, 0.15) is 5.82 Å². The highest BCUT2D eigenvalue weighted by Gasteiger charge is 2.27. The molecule has 6 nitrogen and oxygen atoms in total. The van der Waals surface area contributed by atoms with E-state index in [0.29, 0.717) is 12.1 Å². The number of nitrogens with two attached hydrogens (primary N) is 1. The van der Waals surface area contributed by atoms with Gasteiger partial charge in [-0.1, -0.05) is 53.5 Å². The van der Waals surface area contributed by atoms with Crippen molar-refractivity contribution in [3.8, 4) is 0 Å². The third kappa shape index (κ3) is 7.12. The topological polar surface area (TPSA) is 101 Å². The molecule has 4 N–H and O–H groups in total. The first-order valence-corrected chi connectivity index (χ1v) is 14.7. The number of aryl methyl sites for hydroxylation is 2. The summed E-state index contributed by atoms with van der Waals surface area (Å²) < 4.78 is 42.5. The van der Waals surface area contributed by atoms with Crippen molar-refractivity contribution in [3.63, 3.8) is 0 Å². The van der Waals surface area contributed by atoms with Crippen molar-refractivity contribution < 1.29 is 17.6 Å². The average Bonchev–Trinajstić information content (AvgIpc) is 2.89. The van der Waals surface area contributed by atoms with Gasteiger partial charge < -0.3 is 11.1 Å². The van der Waals surface area contributed by atoms with Crippen molar-refractivity contribution in [2.45, 2.75) is 55.5 Å². The van der Waals surface area contributed by atoms with Gasteiger partial charge in [0.2, 0.25) is 15.9 Å². The smallest absolute Gasteiger partial charge is 0.241 e. The second kappa shape index (κ2) is 12.6. The van der Waals surface area contributed by atoms with Gasteiger partial charge in [-0.15, -0.1) is 0 Å². The minimum absolute atomic E-state index is 0.0905. The fourth-order valence-corrected chi connectivity index (χ4v) is 6.35. The molecule has 202 valence electrons. The molecule has 3 aromatic carbocycles. The van der Waals surface area contributed by atoms with Crippen LogP contribution in [0.2, 0.25) is 10.0 Å². The lowest BCUT2D eigenvalue weighted by Gasteiger charge is -2.28. The van der Waals surface area contributed by atoms with E-state index in [1.807, 2.05) is 0 Å². The summed E-state index contributed by atoms with van der Waals surface area (Å²) in [5.41, 5.74) is 9.63. The number of nitrogens with one attached hydrogen (secondary N) is 2. The maximum Gasteiger partial charge on any atom is 0.241 e. The minimum atomic E-state index is -4.07. The van der Waals surface area contributed by atoms with Crippen molar-refractivity contribution >= 4 is 39.1 Å². The van der Waals surface area contributed by atoms with Gasteiger partial charge in [-0.25, -0.2) is 17.5 Å². The van der Waals surface area contributed by atoms with Gasteiger partial charge in [-0.3, -0.25) is 4.79 Å². The van der Waals surface area contributed by atoms with Gasteiger partial charge in [0.15, 0.2) is 0 Å². The van der Waals surface area contributed by atoms with Crippen LogP contribution >= 0.6 is 23.2 Å². The highest BCUT2D eigenvalue weighted by molar-refractivity contribution is 7.89. The molecule has 0 fully saturated rings. The molecule has 0 bridgehead atoms. The molecule has 1 aliphatic carbocycles. The second-order valence-electron chi connectivity index (χ2n) is 9.44. The van der Waals surface area contributed by atoms with Crippen molar-refractivity contribution in [1.29, 1.82) is 0 Å². The Morgan fingerprint density at radius 2 is 1.82 bits per heavy atom. The number of fused-ring (bicyclic) bond motifs is 1. The van der Waals surface area contributed by atoms with E-state index in [9.17, 15) is 17.6 Å². The lowest BCUT2D eigenvalue weighted by Crippen LogP contribution is -2.36. The summed E-state index contributed by atoms with van der Waals surface area (Å²) in [5.74, 6) is -0.782. The monoisotopic (exact) mass is 577 g/mol. The molecule has 0 saturated carbocycles. The molecular formula is C28H30Cl2FN3O3S. The zero-order valence-electron chi connectivity index (χ0n) is 20.7. The fraction of sp³-hybridized carbons (Fsp3) is 0.321. The molecule has 3 aromatic rings.